The highest BCUT2D eigenvalue weighted by Crippen LogP contribution is 2.33. The van der Waals surface area contributed by atoms with Crippen LogP contribution in [0, 0.1) is 11.8 Å². The summed E-state index contributed by atoms with van der Waals surface area (Å²) < 4.78 is 5.96. The molecule has 3 fully saturated rings. The lowest BCUT2D eigenvalue weighted by Crippen LogP contribution is -2.41. The molecule has 1 aliphatic heterocycles. The first-order valence-corrected chi connectivity index (χ1v) is 10.9. The van der Waals surface area contributed by atoms with Gasteiger partial charge in [-0.15, -0.1) is 0 Å². The van der Waals surface area contributed by atoms with Gasteiger partial charge in [-0.3, -0.25) is 4.90 Å². The predicted molar refractivity (Wildman–Crippen MR) is 112 cm³/mol. The Hall–Kier alpha value is -1.46. The number of hydrogen-bond donors (Lipinski definition) is 1. The summed E-state index contributed by atoms with van der Waals surface area (Å²) in [6.07, 6.45) is 6.60. The van der Waals surface area contributed by atoms with Crippen LogP contribution in [0.3, 0.4) is 0 Å². The second-order valence-electron chi connectivity index (χ2n) is 8.66. The summed E-state index contributed by atoms with van der Waals surface area (Å²) in [5.74, 6) is 2.28. The number of halogens is 1. The summed E-state index contributed by atoms with van der Waals surface area (Å²) in [5, 5.41) is 9.65. The third-order valence-corrected chi connectivity index (χ3v) is 6.19. The molecule has 1 aromatic carbocycles. The average molecular weight is 409 g/mol. The monoisotopic (exact) mass is 408 g/mol. The van der Waals surface area contributed by atoms with Crippen molar-refractivity contribution in [3.8, 4) is 5.75 Å². The van der Waals surface area contributed by atoms with Crippen LogP contribution in [-0.2, 0) is 6.54 Å². The third-order valence-electron chi connectivity index (χ3n) is 5.84. The van der Waals surface area contributed by atoms with Gasteiger partial charge in [0.1, 0.15) is 5.75 Å². The van der Waals surface area contributed by atoms with E-state index in [0.717, 1.165) is 54.7 Å². The molecule has 2 aliphatic carbocycles. The van der Waals surface area contributed by atoms with Crippen molar-refractivity contribution >= 4 is 17.7 Å². The van der Waals surface area contributed by atoms with Crippen LogP contribution in [0.15, 0.2) is 18.2 Å². The summed E-state index contributed by atoms with van der Waals surface area (Å²) in [6.45, 7) is 6.07. The maximum Gasteiger partial charge on any atom is 0.407 e. The van der Waals surface area contributed by atoms with Crippen LogP contribution in [0.5, 0.6) is 5.75 Å². The van der Waals surface area contributed by atoms with Crippen LogP contribution in [-0.4, -0.2) is 53.8 Å². The van der Waals surface area contributed by atoms with E-state index >= 15 is 0 Å². The molecule has 1 heterocycles. The fraction of sp³-hybridized carbons (Fsp3) is 0.682. The molecule has 0 atom stereocenters. The van der Waals surface area contributed by atoms with E-state index in [1.54, 1.807) is 7.05 Å². The molecular weight excluding hydrogens is 376 g/mol. The number of carboxylic acid groups (broad SMARTS) is 1. The zero-order chi connectivity index (χ0) is 20.1. The van der Waals surface area contributed by atoms with Crippen LogP contribution >= 0.6 is 11.6 Å². The van der Waals surface area contributed by atoms with Gasteiger partial charge in [0, 0.05) is 25.2 Å². The van der Waals surface area contributed by atoms with E-state index in [1.807, 2.05) is 12.1 Å². The topological polar surface area (TPSA) is 53.0 Å². The van der Waals surface area contributed by atoms with Crippen molar-refractivity contribution in [2.45, 2.75) is 58.1 Å². The van der Waals surface area contributed by atoms with Gasteiger partial charge >= 0.3 is 6.09 Å². The molecule has 1 N–H and O–H groups in total. The molecule has 5 nitrogen and oxygen atoms in total. The maximum atomic E-state index is 10.8. The lowest BCUT2D eigenvalue weighted by atomic mass is 9.82. The number of ether oxygens (including phenoxy) is 1. The Morgan fingerprint density at radius 2 is 1.93 bits per heavy atom. The van der Waals surface area contributed by atoms with Gasteiger partial charge in [0.2, 0.25) is 0 Å². The van der Waals surface area contributed by atoms with Gasteiger partial charge in [0.25, 0.3) is 0 Å². The van der Waals surface area contributed by atoms with E-state index in [9.17, 15) is 4.79 Å². The van der Waals surface area contributed by atoms with Crippen molar-refractivity contribution in [3.63, 3.8) is 0 Å². The average Bonchev–Trinajstić information content (AvgIpc) is 3.23. The number of nitrogens with zero attached hydrogens (tertiary/aromatic N) is 2. The van der Waals surface area contributed by atoms with Gasteiger partial charge in [-0.2, -0.15) is 0 Å². The Balaban J connectivity index is 0.000000500. The highest BCUT2D eigenvalue weighted by Gasteiger charge is 2.32. The second-order valence-corrected chi connectivity index (χ2v) is 9.07. The zero-order valence-corrected chi connectivity index (χ0v) is 17.8. The van der Waals surface area contributed by atoms with E-state index in [1.165, 1.54) is 30.6 Å². The first-order valence-electron chi connectivity index (χ1n) is 10.5. The number of amides is 1. The Kier molecular flexibility index (Phi) is 7.47. The maximum absolute atomic E-state index is 10.8. The summed E-state index contributed by atoms with van der Waals surface area (Å²) in [6, 6.07) is 5.96. The molecule has 0 spiro atoms. The largest absolute Gasteiger partial charge is 0.490 e. The summed E-state index contributed by atoms with van der Waals surface area (Å²) >= 11 is 6.41. The third kappa shape index (κ3) is 6.56. The predicted octanol–water partition coefficient (Wildman–Crippen LogP) is 5.12. The fourth-order valence-corrected chi connectivity index (χ4v) is 3.89. The van der Waals surface area contributed by atoms with Gasteiger partial charge in [0.05, 0.1) is 6.10 Å². The van der Waals surface area contributed by atoms with Gasteiger partial charge in [0.15, 0.2) is 0 Å². The van der Waals surface area contributed by atoms with Gasteiger partial charge in [-0.25, -0.2) is 4.79 Å². The molecule has 6 heteroatoms. The number of benzene rings is 1. The molecule has 156 valence electrons. The van der Waals surface area contributed by atoms with E-state index in [4.69, 9.17) is 21.4 Å². The molecule has 1 aromatic rings. The van der Waals surface area contributed by atoms with Gasteiger partial charge in [-0.1, -0.05) is 37.4 Å². The molecule has 0 radical (unpaired) electrons. The normalized spacial score (nSPS) is 24.1. The minimum absolute atomic E-state index is 0.165. The quantitative estimate of drug-likeness (QED) is 0.709. The molecule has 0 aromatic heterocycles. The molecule has 0 bridgehead atoms. The fourth-order valence-electron chi connectivity index (χ4n) is 3.66. The summed E-state index contributed by atoms with van der Waals surface area (Å²) in [5.41, 5.74) is 1.15. The second kappa shape index (κ2) is 9.84. The zero-order valence-electron chi connectivity index (χ0n) is 17.1. The van der Waals surface area contributed by atoms with Crippen LogP contribution in [0.2, 0.25) is 5.02 Å². The van der Waals surface area contributed by atoms with Crippen LogP contribution in [0.4, 0.5) is 4.79 Å². The number of carbonyl (C=O) groups is 1. The Bertz CT molecular complexity index is 653. The van der Waals surface area contributed by atoms with Crippen LogP contribution < -0.4 is 4.74 Å². The minimum atomic E-state index is -0.875. The smallest absolute Gasteiger partial charge is 0.407 e. The number of likely N-dealkylation sites (tertiary alicyclic amines) is 1. The van der Waals surface area contributed by atoms with E-state index < -0.39 is 6.09 Å². The van der Waals surface area contributed by atoms with Crippen LogP contribution in [0.25, 0.3) is 0 Å². The number of rotatable bonds is 6. The molecule has 1 amide bonds. The van der Waals surface area contributed by atoms with Gasteiger partial charge < -0.3 is 14.7 Å². The van der Waals surface area contributed by atoms with E-state index in [-0.39, 0.29) is 6.10 Å². The van der Waals surface area contributed by atoms with E-state index in [0.29, 0.717) is 12.5 Å². The van der Waals surface area contributed by atoms with E-state index in [2.05, 4.69) is 17.9 Å². The van der Waals surface area contributed by atoms with Crippen molar-refractivity contribution in [3.05, 3.63) is 28.8 Å². The van der Waals surface area contributed by atoms with Crippen molar-refractivity contribution in [1.29, 1.82) is 0 Å². The van der Waals surface area contributed by atoms with Crippen LogP contribution in [0.1, 0.15) is 51.0 Å². The molecule has 28 heavy (non-hydrogen) atoms. The highest BCUT2D eigenvalue weighted by atomic mass is 35.5. The SMILES string of the molecule is CC1CC1.CN(CC1CC(Oc2ccc(CN3CCCC3)c(Cl)c2)C1)C(=O)O. The molecule has 3 aliphatic rings. The highest BCUT2D eigenvalue weighted by molar-refractivity contribution is 6.31. The van der Waals surface area contributed by atoms with Gasteiger partial charge in [-0.05, 0) is 68.3 Å². The lowest BCUT2D eigenvalue weighted by Gasteiger charge is -2.37. The molecular formula is C22H33ClN2O3. The summed E-state index contributed by atoms with van der Waals surface area (Å²) in [7, 11) is 1.61. The lowest BCUT2D eigenvalue weighted by molar-refractivity contribution is 0.0474. The Morgan fingerprint density at radius 3 is 2.46 bits per heavy atom. The standard InChI is InChI=1S/C18H25ClN2O3.C4H8/c1-20(18(22)23)11-13-8-16(9-13)24-15-5-4-14(17(19)10-15)12-21-6-2-3-7-21;1-4-2-3-4/h4-5,10,13,16H,2-3,6-9,11-12H2,1H3,(H,22,23);4H,2-3H2,1H3. The number of hydrogen-bond acceptors (Lipinski definition) is 3. The Labute approximate surface area is 173 Å². The molecule has 1 saturated heterocycles. The molecule has 2 saturated carbocycles. The minimum Gasteiger partial charge on any atom is -0.490 e. The molecule has 0 unspecified atom stereocenters. The Morgan fingerprint density at radius 1 is 1.29 bits per heavy atom. The first kappa shape index (κ1) is 21.3. The van der Waals surface area contributed by atoms with Crippen molar-refractivity contribution in [2.24, 2.45) is 11.8 Å². The van der Waals surface area contributed by atoms with Crippen molar-refractivity contribution in [1.82, 2.24) is 9.80 Å². The molecule has 4 rings (SSSR count). The summed E-state index contributed by atoms with van der Waals surface area (Å²) in [4.78, 5) is 14.6. The van der Waals surface area contributed by atoms with Crippen molar-refractivity contribution < 1.29 is 14.6 Å². The first-order chi connectivity index (χ1) is 13.4. The van der Waals surface area contributed by atoms with Crippen molar-refractivity contribution in [2.75, 3.05) is 26.7 Å².